The number of nitrogens with one attached hydrogen (secondary N) is 1. The van der Waals surface area contributed by atoms with Crippen molar-refractivity contribution < 1.29 is 0 Å². The van der Waals surface area contributed by atoms with Crippen LogP contribution in [0.5, 0.6) is 0 Å². The minimum absolute atomic E-state index is 0.569. The first-order valence-electron chi connectivity index (χ1n) is 9.39. The monoisotopic (exact) mass is 342 g/mol. The van der Waals surface area contributed by atoms with Crippen molar-refractivity contribution in [1.82, 2.24) is 14.9 Å². The lowest BCUT2D eigenvalue weighted by molar-refractivity contribution is 0.0523. The summed E-state index contributed by atoms with van der Waals surface area (Å²) in [6.07, 6.45) is 10.9. The summed E-state index contributed by atoms with van der Waals surface area (Å²) >= 11 is 1.88. The summed E-state index contributed by atoms with van der Waals surface area (Å²) in [7, 11) is 4.49. The Hall–Kier alpha value is -1.20. The zero-order valence-corrected chi connectivity index (χ0v) is 15.4. The van der Waals surface area contributed by atoms with E-state index in [1.165, 1.54) is 60.7 Å². The van der Waals surface area contributed by atoms with Gasteiger partial charge in [0.05, 0.1) is 5.39 Å². The molecule has 4 aliphatic carbocycles. The van der Waals surface area contributed by atoms with Gasteiger partial charge in [-0.05, 0) is 76.4 Å². The second kappa shape index (κ2) is 5.67. The Morgan fingerprint density at radius 2 is 2.08 bits per heavy atom. The summed E-state index contributed by atoms with van der Waals surface area (Å²) < 4.78 is 0. The first-order valence-corrected chi connectivity index (χ1v) is 10.2. The molecular formula is C19H26N4S. The van der Waals surface area contributed by atoms with Crippen molar-refractivity contribution in [3.05, 3.63) is 16.8 Å². The van der Waals surface area contributed by atoms with Crippen LogP contribution >= 0.6 is 11.3 Å². The molecule has 4 atom stereocenters. The van der Waals surface area contributed by atoms with Crippen molar-refractivity contribution in [3.63, 3.8) is 0 Å². The van der Waals surface area contributed by atoms with Gasteiger partial charge in [0.15, 0.2) is 0 Å². The molecule has 2 aromatic rings. The van der Waals surface area contributed by atoms with Gasteiger partial charge in [0.25, 0.3) is 0 Å². The average molecular weight is 343 g/mol. The van der Waals surface area contributed by atoms with Gasteiger partial charge in [-0.3, -0.25) is 0 Å². The molecule has 0 saturated heterocycles. The Morgan fingerprint density at radius 1 is 1.17 bits per heavy atom. The minimum atomic E-state index is 0.569. The van der Waals surface area contributed by atoms with Crippen molar-refractivity contribution in [2.45, 2.75) is 57.0 Å². The molecule has 0 radical (unpaired) electrons. The van der Waals surface area contributed by atoms with Crippen LogP contribution in [0.3, 0.4) is 0 Å². The first-order chi connectivity index (χ1) is 11.7. The van der Waals surface area contributed by atoms with Crippen LogP contribution in [-0.2, 0) is 12.8 Å². The molecule has 4 unspecified atom stereocenters. The van der Waals surface area contributed by atoms with E-state index in [1.807, 2.05) is 11.3 Å². The van der Waals surface area contributed by atoms with Crippen LogP contribution in [0, 0.1) is 11.8 Å². The zero-order chi connectivity index (χ0) is 16.3. The van der Waals surface area contributed by atoms with E-state index in [0.717, 1.165) is 23.7 Å². The lowest BCUT2D eigenvalue weighted by Gasteiger charge is -2.50. The Bertz CT molecular complexity index is 768. The van der Waals surface area contributed by atoms with E-state index in [9.17, 15) is 0 Å². The summed E-state index contributed by atoms with van der Waals surface area (Å²) in [5, 5.41) is 5.22. The Labute approximate surface area is 147 Å². The van der Waals surface area contributed by atoms with Crippen molar-refractivity contribution in [1.29, 1.82) is 0 Å². The van der Waals surface area contributed by atoms with E-state index >= 15 is 0 Å². The number of aromatic nitrogens is 2. The molecule has 2 aromatic heterocycles. The van der Waals surface area contributed by atoms with E-state index in [2.05, 4.69) is 34.3 Å². The van der Waals surface area contributed by atoms with Gasteiger partial charge in [0.1, 0.15) is 17.0 Å². The molecule has 24 heavy (non-hydrogen) atoms. The Balaban J connectivity index is 1.49. The fourth-order valence-electron chi connectivity index (χ4n) is 5.45. The third kappa shape index (κ3) is 2.28. The van der Waals surface area contributed by atoms with Crippen LogP contribution in [0.2, 0.25) is 0 Å². The molecule has 6 rings (SSSR count). The molecule has 128 valence electrons. The largest absolute Gasteiger partial charge is 0.366 e. The normalized spacial score (nSPS) is 31.8. The van der Waals surface area contributed by atoms with Crippen molar-refractivity contribution in [2.24, 2.45) is 11.8 Å². The molecule has 0 spiro atoms. The standard InChI is InChI=1S/C19H26N4S/c1-23(2)15-9-11-6-7-12(15)14(8-11)22-18-17-13-4-3-5-16(13)24-19(17)21-10-20-18/h10-12,14-15H,3-9H2,1-2H3,(H,20,21,22). The van der Waals surface area contributed by atoms with Gasteiger partial charge in [0.2, 0.25) is 0 Å². The van der Waals surface area contributed by atoms with Crippen molar-refractivity contribution >= 4 is 27.4 Å². The molecule has 2 heterocycles. The van der Waals surface area contributed by atoms with Gasteiger partial charge < -0.3 is 10.2 Å². The highest BCUT2D eigenvalue weighted by Crippen LogP contribution is 2.45. The molecule has 0 aliphatic heterocycles. The summed E-state index contributed by atoms with van der Waals surface area (Å²) in [5.41, 5.74) is 1.53. The van der Waals surface area contributed by atoms with E-state index in [4.69, 9.17) is 0 Å². The maximum Gasteiger partial charge on any atom is 0.138 e. The van der Waals surface area contributed by atoms with Gasteiger partial charge in [-0.15, -0.1) is 11.3 Å². The number of rotatable bonds is 3. The van der Waals surface area contributed by atoms with Crippen LogP contribution in [0.1, 0.15) is 42.5 Å². The van der Waals surface area contributed by atoms with E-state index in [0.29, 0.717) is 6.04 Å². The topological polar surface area (TPSA) is 41.0 Å². The SMILES string of the molecule is CN(C)C1CC2CCC1C(Nc1ncnc3sc4c(c13)CCC4)C2. The lowest BCUT2D eigenvalue weighted by atomic mass is 9.64. The number of thiophene rings is 1. The molecule has 0 aromatic carbocycles. The van der Waals surface area contributed by atoms with Gasteiger partial charge in [-0.25, -0.2) is 9.97 Å². The van der Waals surface area contributed by atoms with Crippen LogP contribution in [0.15, 0.2) is 6.33 Å². The Kier molecular flexibility index (Phi) is 3.56. The van der Waals surface area contributed by atoms with Crippen LogP contribution < -0.4 is 5.32 Å². The van der Waals surface area contributed by atoms with Crippen LogP contribution in [0.25, 0.3) is 10.2 Å². The third-order valence-electron chi connectivity index (χ3n) is 6.57. The molecule has 2 bridgehead atoms. The highest BCUT2D eigenvalue weighted by molar-refractivity contribution is 7.19. The highest BCUT2D eigenvalue weighted by atomic mass is 32.1. The maximum atomic E-state index is 4.68. The second-order valence-electron chi connectivity index (χ2n) is 8.12. The summed E-state index contributed by atoms with van der Waals surface area (Å²) in [6.45, 7) is 0. The molecular weight excluding hydrogens is 316 g/mol. The first kappa shape index (κ1) is 15.1. The van der Waals surface area contributed by atoms with Gasteiger partial charge in [-0.1, -0.05) is 0 Å². The summed E-state index contributed by atoms with van der Waals surface area (Å²) in [4.78, 5) is 14.4. The smallest absolute Gasteiger partial charge is 0.138 e. The fourth-order valence-corrected chi connectivity index (χ4v) is 6.67. The maximum absolute atomic E-state index is 4.68. The van der Waals surface area contributed by atoms with Crippen molar-refractivity contribution in [2.75, 3.05) is 19.4 Å². The van der Waals surface area contributed by atoms with E-state index in [-0.39, 0.29) is 0 Å². The average Bonchev–Trinajstić information content (AvgIpc) is 3.16. The third-order valence-corrected chi connectivity index (χ3v) is 7.77. The fraction of sp³-hybridized carbons (Fsp3) is 0.684. The molecule has 4 nitrogen and oxygen atoms in total. The number of anilines is 1. The molecule has 3 fully saturated rings. The number of aryl methyl sites for hydroxylation is 2. The molecule has 5 heteroatoms. The quantitative estimate of drug-likeness (QED) is 0.923. The molecule has 4 aliphatic rings. The van der Waals surface area contributed by atoms with Gasteiger partial charge in [-0.2, -0.15) is 0 Å². The van der Waals surface area contributed by atoms with Crippen molar-refractivity contribution in [3.8, 4) is 0 Å². The van der Waals surface area contributed by atoms with E-state index < -0.39 is 0 Å². The predicted molar refractivity (Wildman–Crippen MR) is 99.8 cm³/mol. The van der Waals surface area contributed by atoms with Crippen LogP contribution in [-0.4, -0.2) is 41.0 Å². The van der Waals surface area contributed by atoms with Gasteiger partial charge in [0, 0.05) is 17.0 Å². The summed E-state index contributed by atoms with van der Waals surface area (Å²) in [5.74, 6) is 2.74. The van der Waals surface area contributed by atoms with E-state index in [1.54, 1.807) is 11.2 Å². The van der Waals surface area contributed by atoms with Gasteiger partial charge >= 0.3 is 0 Å². The molecule has 1 N–H and O–H groups in total. The highest BCUT2D eigenvalue weighted by Gasteiger charge is 2.43. The number of hydrogen-bond donors (Lipinski definition) is 1. The number of fused-ring (bicyclic) bond motifs is 6. The summed E-state index contributed by atoms with van der Waals surface area (Å²) in [6, 6.07) is 1.29. The minimum Gasteiger partial charge on any atom is -0.366 e. The molecule has 3 saturated carbocycles. The molecule has 0 amide bonds. The zero-order valence-electron chi connectivity index (χ0n) is 14.6. The number of nitrogens with zero attached hydrogens (tertiary/aromatic N) is 3. The Morgan fingerprint density at radius 3 is 2.92 bits per heavy atom. The number of hydrogen-bond acceptors (Lipinski definition) is 5. The van der Waals surface area contributed by atoms with Crippen LogP contribution in [0.4, 0.5) is 5.82 Å². The second-order valence-corrected chi connectivity index (χ2v) is 9.20. The lowest BCUT2D eigenvalue weighted by Crippen LogP contribution is -2.53. The predicted octanol–water partition coefficient (Wildman–Crippen LogP) is 3.71.